The van der Waals surface area contributed by atoms with E-state index in [2.05, 4.69) is 29.1 Å². The Hall–Kier alpha value is -1.38. The van der Waals surface area contributed by atoms with E-state index >= 15 is 0 Å². The van der Waals surface area contributed by atoms with E-state index in [4.69, 9.17) is 5.73 Å². The van der Waals surface area contributed by atoms with Gasteiger partial charge in [-0.15, -0.1) is 0 Å². The van der Waals surface area contributed by atoms with Crippen LogP contribution in [-0.4, -0.2) is 17.4 Å². The molecule has 116 valence electrons. The zero-order valence-corrected chi connectivity index (χ0v) is 13.6. The van der Waals surface area contributed by atoms with E-state index in [9.17, 15) is 4.79 Å². The molecule has 0 atom stereocenters. The van der Waals surface area contributed by atoms with Crippen LogP contribution in [0.25, 0.3) is 0 Å². The normalized spacial score (nSPS) is 10.0. The molecule has 21 heavy (non-hydrogen) atoms. The first kappa shape index (κ1) is 17.7. The van der Waals surface area contributed by atoms with Crippen molar-refractivity contribution >= 4 is 22.4 Å². The number of hydrogen-bond acceptors (Lipinski definition) is 4. The minimum absolute atomic E-state index is 0.0382. The molecule has 0 aliphatic rings. The molecule has 0 unspecified atom stereocenters. The van der Waals surface area contributed by atoms with Gasteiger partial charge in [-0.25, -0.2) is 4.98 Å². The van der Waals surface area contributed by atoms with Crippen molar-refractivity contribution in [2.45, 2.75) is 58.3 Å². The van der Waals surface area contributed by atoms with Crippen LogP contribution in [0.15, 0.2) is 6.20 Å². The monoisotopic (exact) mass is 307 g/mol. The minimum Gasteiger partial charge on any atom is -0.320 e. The molecule has 0 radical (unpaired) electrons. The Bertz CT molecular complexity index is 473. The van der Waals surface area contributed by atoms with Crippen LogP contribution in [0.3, 0.4) is 0 Å². The molecule has 0 bridgehead atoms. The summed E-state index contributed by atoms with van der Waals surface area (Å²) in [7, 11) is 0. The molecule has 1 amide bonds. The van der Waals surface area contributed by atoms with E-state index < -0.39 is 0 Å². The number of unbranched alkanes of at least 4 members (excludes halogenated alkanes) is 6. The van der Waals surface area contributed by atoms with Crippen LogP contribution in [0.4, 0.5) is 5.13 Å². The highest BCUT2D eigenvalue weighted by Gasteiger charge is 2.05. The third-order valence-corrected chi connectivity index (χ3v) is 3.90. The predicted molar refractivity (Wildman–Crippen MR) is 89.3 cm³/mol. The lowest BCUT2D eigenvalue weighted by Gasteiger charge is -2.02. The molecule has 0 aromatic carbocycles. The third kappa shape index (κ3) is 8.49. The van der Waals surface area contributed by atoms with E-state index in [-0.39, 0.29) is 5.91 Å². The number of carbonyl (C=O) groups excluding carboxylic acids is 1. The Labute approximate surface area is 131 Å². The van der Waals surface area contributed by atoms with Crippen LogP contribution < -0.4 is 11.1 Å². The smallest absolute Gasteiger partial charge is 0.226 e. The molecule has 1 aromatic rings. The Morgan fingerprint density at radius 3 is 2.71 bits per heavy atom. The van der Waals surface area contributed by atoms with Gasteiger partial charge in [0.05, 0.1) is 17.6 Å². The quantitative estimate of drug-likeness (QED) is 0.541. The summed E-state index contributed by atoms with van der Waals surface area (Å²) in [6.45, 7) is 2.55. The van der Waals surface area contributed by atoms with Crippen LogP contribution >= 0.6 is 11.3 Å². The summed E-state index contributed by atoms with van der Waals surface area (Å²) >= 11 is 1.38. The SMILES string of the molecule is CCCCCCCCCC(=O)Nc1ncc(C#CCN)s1. The Morgan fingerprint density at radius 2 is 2.00 bits per heavy atom. The number of hydrogen-bond donors (Lipinski definition) is 2. The highest BCUT2D eigenvalue weighted by Crippen LogP contribution is 2.17. The van der Waals surface area contributed by atoms with E-state index in [1.807, 2.05) is 0 Å². The predicted octanol–water partition coefficient (Wildman–Crippen LogP) is 3.53. The van der Waals surface area contributed by atoms with Gasteiger partial charge in [0.25, 0.3) is 0 Å². The Balaban J connectivity index is 2.14. The maximum atomic E-state index is 11.8. The Kier molecular flexibility index (Phi) is 9.51. The first-order chi connectivity index (χ1) is 10.3. The molecule has 0 spiro atoms. The third-order valence-electron chi connectivity index (χ3n) is 3.07. The highest BCUT2D eigenvalue weighted by molar-refractivity contribution is 7.16. The summed E-state index contributed by atoms with van der Waals surface area (Å²) in [5.74, 6) is 5.71. The summed E-state index contributed by atoms with van der Waals surface area (Å²) in [5, 5.41) is 3.43. The molecular weight excluding hydrogens is 282 g/mol. The Morgan fingerprint density at radius 1 is 1.29 bits per heavy atom. The summed E-state index contributed by atoms with van der Waals surface area (Å²) in [5.41, 5.74) is 5.31. The molecule has 0 aliphatic heterocycles. The van der Waals surface area contributed by atoms with E-state index in [0.29, 0.717) is 18.1 Å². The lowest BCUT2D eigenvalue weighted by Crippen LogP contribution is -2.10. The first-order valence-corrected chi connectivity index (χ1v) is 8.52. The van der Waals surface area contributed by atoms with Crippen molar-refractivity contribution in [3.63, 3.8) is 0 Å². The molecule has 5 heteroatoms. The molecule has 1 aromatic heterocycles. The van der Waals surface area contributed by atoms with Gasteiger partial charge in [-0.2, -0.15) is 0 Å². The number of aromatic nitrogens is 1. The fourth-order valence-corrected chi connectivity index (χ4v) is 2.66. The van der Waals surface area contributed by atoms with Gasteiger partial charge in [0.2, 0.25) is 5.91 Å². The van der Waals surface area contributed by atoms with Gasteiger partial charge in [0.15, 0.2) is 5.13 Å². The summed E-state index contributed by atoms with van der Waals surface area (Å²) in [4.78, 5) is 16.7. The molecule has 0 fully saturated rings. The van der Waals surface area contributed by atoms with Gasteiger partial charge in [-0.1, -0.05) is 68.6 Å². The fourth-order valence-electron chi connectivity index (χ4n) is 1.95. The van der Waals surface area contributed by atoms with Crippen LogP contribution in [0.1, 0.15) is 63.2 Å². The number of carbonyl (C=O) groups is 1. The number of rotatable bonds is 9. The molecule has 0 saturated heterocycles. The number of nitrogens with zero attached hydrogens (tertiary/aromatic N) is 1. The lowest BCUT2D eigenvalue weighted by atomic mass is 10.1. The zero-order chi connectivity index (χ0) is 15.3. The molecule has 1 heterocycles. The molecule has 0 aliphatic carbocycles. The topological polar surface area (TPSA) is 68.0 Å². The van der Waals surface area contributed by atoms with Crippen LogP contribution in [0.2, 0.25) is 0 Å². The van der Waals surface area contributed by atoms with Crippen LogP contribution in [-0.2, 0) is 4.79 Å². The summed E-state index contributed by atoms with van der Waals surface area (Å²) in [6.07, 6.45) is 10.7. The minimum atomic E-state index is 0.0382. The van der Waals surface area contributed by atoms with Gasteiger partial charge >= 0.3 is 0 Å². The van der Waals surface area contributed by atoms with Crippen molar-refractivity contribution in [3.8, 4) is 11.8 Å². The molecule has 3 N–H and O–H groups in total. The van der Waals surface area contributed by atoms with Gasteiger partial charge < -0.3 is 11.1 Å². The molecule has 1 rings (SSSR count). The van der Waals surface area contributed by atoms with E-state index in [0.717, 1.165) is 17.7 Å². The maximum absolute atomic E-state index is 11.8. The van der Waals surface area contributed by atoms with Gasteiger partial charge in [-0.3, -0.25) is 4.79 Å². The van der Waals surface area contributed by atoms with Crippen molar-refractivity contribution in [1.82, 2.24) is 4.98 Å². The van der Waals surface area contributed by atoms with E-state index in [1.54, 1.807) is 6.20 Å². The van der Waals surface area contributed by atoms with Gasteiger partial charge in [0, 0.05) is 6.42 Å². The summed E-state index contributed by atoms with van der Waals surface area (Å²) < 4.78 is 0. The van der Waals surface area contributed by atoms with Crippen molar-refractivity contribution in [1.29, 1.82) is 0 Å². The lowest BCUT2D eigenvalue weighted by molar-refractivity contribution is -0.116. The van der Waals surface area contributed by atoms with Gasteiger partial charge in [-0.05, 0) is 6.42 Å². The highest BCUT2D eigenvalue weighted by atomic mass is 32.1. The molecule has 4 nitrogen and oxygen atoms in total. The average Bonchev–Trinajstić information content (AvgIpc) is 2.91. The average molecular weight is 307 g/mol. The standard InChI is InChI=1S/C16H25N3OS/c1-2-3-4-5-6-7-8-11-15(20)19-16-18-13-14(21-16)10-9-12-17/h13H,2-8,11-12,17H2,1H3,(H,18,19,20). The second kappa shape index (κ2) is 11.3. The van der Waals surface area contributed by atoms with Crippen LogP contribution in [0.5, 0.6) is 0 Å². The first-order valence-electron chi connectivity index (χ1n) is 7.71. The molecular formula is C16H25N3OS. The maximum Gasteiger partial charge on any atom is 0.226 e. The van der Waals surface area contributed by atoms with Crippen molar-refractivity contribution in [2.24, 2.45) is 5.73 Å². The number of nitrogens with one attached hydrogen (secondary N) is 1. The fraction of sp³-hybridized carbons (Fsp3) is 0.625. The summed E-state index contributed by atoms with van der Waals surface area (Å²) in [6, 6.07) is 0. The second-order valence-electron chi connectivity index (χ2n) is 4.96. The number of anilines is 1. The van der Waals surface area contributed by atoms with E-state index in [1.165, 1.54) is 43.4 Å². The van der Waals surface area contributed by atoms with Gasteiger partial charge in [0.1, 0.15) is 0 Å². The van der Waals surface area contributed by atoms with Crippen LogP contribution in [0, 0.1) is 11.8 Å². The molecule has 0 saturated carbocycles. The number of thiazole rings is 1. The van der Waals surface area contributed by atoms with Crippen molar-refractivity contribution < 1.29 is 4.79 Å². The second-order valence-corrected chi connectivity index (χ2v) is 5.99. The number of nitrogens with two attached hydrogens (primary N) is 1. The largest absolute Gasteiger partial charge is 0.320 e. The van der Waals surface area contributed by atoms with Crippen molar-refractivity contribution in [2.75, 3.05) is 11.9 Å². The van der Waals surface area contributed by atoms with Crippen molar-refractivity contribution in [3.05, 3.63) is 11.1 Å². The zero-order valence-electron chi connectivity index (χ0n) is 12.8. The number of amides is 1.